The number of amides is 1. The zero-order chi connectivity index (χ0) is 19.4. The zero-order valence-electron chi connectivity index (χ0n) is 14.9. The minimum absolute atomic E-state index is 0.0557. The summed E-state index contributed by atoms with van der Waals surface area (Å²) in [6.45, 7) is 0.555. The molecule has 9 heteroatoms. The highest BCUT2D eigenvalue weighted by atomic mass is 35.5. The maximum atomic E-state index is 12.6. The van der Waals surface area contributed by atoms with Crippen LogP contribution in [0.2, 0.25) is 10.0 Å². The highest BCUT2D eigenvalue weighted by Gasteiger charge is 2.40. The lowest BCUT2D eigenvalue weighted by Crippen LogP contribution is -2.39. The predicted molar refractivity (Wildman–Crippen MR) is 112 cm³/mol. The van der Waals surface area contributed by atoms with Crippen LogP contribution in [0.15, 0.2) is 27.0 Å². The number of hydrogen-bond acceptors (Lipinski definition) is 6. The lowest BCUT2D eigenvalue weighted by Gasteiger charge is -2.26. The molecule has 2 atom stereocenters. The van der Waals surface area contributed by atoms with Crippen LogP contribution in [-0.4, -0.2) is 29.6 Å². The van der Waals surface area contributed by atoms with Crippen LogP contribution in [0.3, 0.4) is 0 Å². The summed E-state index contributed by atoms with van der Waals surface area (Å²) in [4.78, 5) is 22.2. The van der Waals surface area contributed by atoms with E-state index >= 15 is 0 Å². The van der Waals surface area contributed by atoms with Gasteiger partial charge in [0.25, 0.3) is 5.91 Å². The van der Waals surface area contributed by atoms with Crippen molar-refractivity contribution in [2.24, 2.45) is 21.6 Å². The Morgan fingerprint density at radius 3 is 2.89 bits per heavy atom. The average molecular weight is 437 g/mol. The van der Waals surface area contributed by atoms with Crippen molar-refractivity contribution < 1.29 is 9.53 Å². The Bertz CT molecular complexity index is 971. The molecule has 1 aromatic carbocycles. The van der Waals surface area contributed by atoms with Crippen molar-refractivity contribution in [1.82, 2.24) is 5.32 Å². The number of nitrogens with one attached hydrogen (secondary N) is 1. The molecular weight excluding hydrogens is 419 g/mol. The monoisotopic (exact) mass is 436 g/mol. The topological polar surface area (TPSA) is 89.1 Å². The van der Waals surface area contributed by atoms with Gasteiger partial charge in [0.2, 0.25) is 5.96 Å². The summed E-state index contributed by atoms with van der Waals surface area (Å²) in [5.74, 6) is 0.621. The summed E-state index contributed by atoms with van der Waals surface area (Å²) >= 11 is 14.2. The molecule has 6 nitrogen and oxygen atoms in total. The fraction of sp³-hybridized carbons (Fsp3) is 0.421. The Morgan fingerprint density at radius 1 is 1.32 bits per heavy atom. The van der Waals surface area contributed by atoms with Crippen LogP contribution in [0, 0.1) is 5.92 Å². The number of carbonyl (C=O) groups excluding carboxylic acids is 1. The molecule has 0 aromatic heterocycles. The zero-order valence-corrected chi connectivity index (χ0v) is 17.2. The van der Waals surface area contributed by atoms with Crippen molar-refractivity contribution in [3.05, 3.63) is 38.2 Å². The molecule has 1 saturated carbocycles. The molecule has 1 amide bonds. The van der Waals surface area contributed by atoms with E-state index in [2.05, 4.69) is 15.3 Å². The number of benzene rings is 1. The maximum Gasteiger partial charge on any atom is 0.258 e. The number of nitrogens with two attached hydrogens (primary N) is 1. The Balaban J connectivity index is 1.51. The van der Waals surface area contributed by atoms with Crippen LogP contribution in [-0.2, 0) is 11.2 Å². The highest BCUT2D eigenvalue weighted by molar-refractivity contribution is 8.18. The molecule has 4 aliphatic rings. The van der Waals surface area contributed by atoms with Gasteiger partial charge in [0.05, 0.1) is 33.5 Å². The minimum Gasteiger partial charge on any atom is -0.491 e. The van der Waals surface area contributed by atoms with Crippen LogP contribution >= 0.6 is 35.0 Å². The van der Waals surface area contributed by atoms with Crippen LogP contribution in [0.1, 0.15) is 36.4 Å². The van der Waals surface area contributed by atoms with Crippen LogP contribution in [0.4, 0.5) is 0 Å². The van der Waals surface area contributed by atoms with E-state index in [4.69, 9.17) is 33.7 Å². The normalized spacial score (nSPS) is 25.7. The second kappa shape index (κ2) is 6.97. The van der Waals surface area contributed by atoms with Crippen LogP contribution < -0.4 is 15.8 Å². The van der Waals surface area contributed by atoms with Gasteiger partial charge in [0.15, 0.2) is 0 Å². The van der Waals surface area contributed by atoms with Crippen LogP contribution in [0.25, 0.3) is 0 Å². The molecule has 2 unspecified atom stereocenters. The third kappa shape index (κ3) is 3.00. The van der Waals surface area contributed by atoms with E-state index in [1.165, 1.54) is 18.2 Å². The van der Waals surface area contributed by atoms with E-state index in [0.717, 1.165) is 29.0 Å². The fourth-order valence-corrected chi connectivity index (χ4v) is 5.69. The first-order valence-electron chi connectivity index (χ1n) is 9.27. The molecule has 0 bridgehead atoms. The van der Waals surface area contributed by atoms with Crippen molar-refractivity contribution in [1.29, 1.82) is 0 Å². The number of halogens is 2. The van der Waals surface area contributed by atoms with E-state index in [1.54, 1.807) is 6.07 Å². The number of hydrogen-bond donors (Lipinski definition) is 2. The Morgan fingerprint density at radius 2 is 2.14 bits per heavy atom. The number of nitrogens with zero attached hydrogens (tertiary/aromatic N) is 2. The van der Waals surface area contributed by atoms with Crippen molar-refractivity contribution in [2.45, 2.75) is 37.8 Å². The largest absolute Gasteiger partial charge is 0.491 e. The van der Waals surface area contributed by atoms with Crippen molar-refractivity contribution in [2.75, 3.05) is 6.61 Å². The van der Waals surface area contributed by atoms with E-state index in [-0.39, 0.29) is 29.9 Å². The predicted octanol–water partition coefficient (Wildman–Crippen LogP) is 3.61. The van der Waals surface area contributed by atoms with Crippen molar-refractivity contribution in [3.8, 4) is 5.75 Å². The number of thioether (sulfide) groups is 1. The molecule has 0 radical (unpaired) electrons. The second-order valence-corrected chi connectivity index (χ2v) is 9.18. The van der Waals surface area contributed by atoms with Gasteiger partial charge in [-0.2, -0.15) is 0 Å². The van der Waals surface area contributed by atoms with E-state index in [0.29, 0.717) is 33.7 Å². The highest BCUT2D eigenvalue weighted by Crippen LogP contribution is 2.49. The molecule has 3 aliphatic heterocycles. The Labute approximate surface area is 176 Å². The van der Waals surface area contributed by atoms with Gasteiger partial charge in [-0.3, -0.25) is 4.79 Å². The third-order valence-electron chi connectivity index (χ3n) is 5.55. The number of fused-ring (bicyclic) bond motifs is 2. The smallest absolute Gasteiger partial charge is 0.258 e. The van der Waals surface area contributed by atoms with E-state index < -0.39 is 0 Å². The minimum atomic E-state index is -0.353. The number of guanidine groups is 1. The number of aliphatic imine (C=N–C) groups is 2. The molecule has 3 N–H and O–H groups in total. The van der Waals surface area contributed by atoms with Gasteiger partial charge < -0.3 is 15.8 Å². The molecule has 0 spiro atoms. The maximum absolute atomic E-state index is 12.6. The van der Waals surface area contributed by atoms with Crippen molar-refractivity contribution >= 4 is 51.9 Å². The molecule has 1 aliphatic carbocycles. The van der Waals surface area contributed by atoms with E-state index in [9.17, 15) is 4.79 Å². The first-order valence-corrected chi connectivity index (χ1v) is 10.8. The van der Waals surface area contributed by atoms with Gasteiger partial charge in [-0.15, -0.1) is 0 Å². The quantitative estimate of drug-likeness (QED) is 0.756. The summed E-state index contributed by atoms with van der Waals surface area (Å²) in [6, 6.07) is 1.62. The summed E-state index contributed by atoms with van der Waals surface area (Å²) in [6.07, 6.45) is 5.90. The van der Waals surface area contributed by atoms with Gasteiger partial charge >= 0.3 is 0 Å². The van der Waals surface area contributed by atoms with Gasteiger partial charge in [-0.05, 0) is 25.3 Å². The lowest BCUT2D eigenvalue weighted by atomic mass is 9.88. The molecule has 28 heavy (non-hydrogen) atoms. The fourth-order valence-electron chi connectivity index (χ4n) is 3.96. The van der Waals surface area contributed by atoms with Gasteiger partial charge in [0.1, 0.15) is 5.75 Å². The first kappa shape index (κ1) is 18.3. The third-order valence-corrected chi connectivity index (χ3v) is 7.26. The summed E-state index contributed by atoms with van der Waals surface area (Å²) in [5.41, 5.74) is 7.82. The molecule has 146 valence electrons. The standard InChI is InChI=1S/C19H18Cl2N4O2S/c20-11-7-12(21)16-9(4-5-27-16)14(11)15-10-6-13(17(26)23-8-2-1-3-8)28-18(10)25-19(22)24-15/h6-8,10,15H,1-5H2,(H2,22,24)(H,23,26). The average Bonchev–Trinajstić information content (AvgIpc) is 3.24. The molecule has 3 heterocycles. The molecule has 1 fully saturated rings. The lowest BCUT2D eigenvalue weighted by molar-refractivity contribution is -0.118. The van der Waals surface area contributed by atoms with Crippen LogP contribution in [0.5, 0.6) is 5.75 Å². The number of ether oxygens (including phenoxy) is 1. The van der Waals surface area contributed by atoms with Crippen molar-refractivity contribution in [3.63, 3.8) is 0 Å². The van der Waals surface area contributed by atoms with Gasteiger partial charge in [0, 0.05) is 28.6 Å². The molecule has 5 rings (SSSR count). The second-order valence-electron chi connectivity index (χ2n) is 7.30. The molecule has 0 saturated heterocycles. The van der Waals surface area contributed by atoms with Gasteiger partial charge in [-0.1, -0.05) is 41.0 Å². The number of rotatable bonds is 3. The summed E-state index contributed by atoms with van der Waals surface area (Å²) in [5, 5.41) is 4.88. The van der Waals surface area contributed by atoms with Gasteiger partial charge in [-0.25, -0.2) is 9.98 Å². The number of carbonyl (C=O) groups is 1. The summed E-state index contributed by atoms with van der Waals surface area (Å²) < 4.78 is 5.69. The molecule has 1 aromatic rings. The Hall–Kier alpha value is -1.70. The first-order chi connectivity index (χ1) is 13.5. The Kier molecular flexibility index (Phi) is 4.56. The van der Waals surface area contributed by atoms with E-state index in [1.807, 2.05) is 6.08 Å². The summed E-state index contributed by atoms with van der Waals surface area (Å²) in [7, 11) is 0. The SMILES string of the molecule is NC1=NC(c2c(Cl)cc(Cl)c3c2CCO3)C2C=C(C(=O)NC3CCC3)SC2=N1. The molecular formula is C19H18Cl2N4O2S.